The van der Waals surface area contributed by atoms with E-state index >= 15 is 0 Å². The molecule has 166 valence electrons. The highest BCUT2D eigenvalue weighted by atomic mass is 32.1. The van der Waals surface area contributed by atoms with E-state index < -0.39 is 0 Å². The molecule has 2 aliphatic heterocycles. The van der Waals surface area contributed by atoms with Crippen molar-refractivity contribution in [3.63, 3.8) is 0 Å². The van der Waals surface area contributed by atoms with Gasteiger partial charge in [0.2, 0.25) is 0 Å². The summed E-state index contributed by atoms with van der Waals surface area (Å²) in [5.41, 5.74) is 1.88. The van der Waals surface area contributed by atoms with Gasteiger partial charge >= 0.3 is 0 Å². The third-order valence-electron chi connectivity index (χ3n) is 6.43. The summed E-state index contributed by atoms with van der Waals surface area (Å²) in [4.78, 5) is 7.01. The first kappa shape index (κ1) is 22.0. The lowest BCUT2D eigenvalue weighted by atomic mass is 9.74. The fourth-order valence-electron chi connectivity index (χ4n) is 4.50. The number of rotatable bonds is 5. The number of aromatic nitrogens is 1. The number of halogens is 1. The highest BCUT2D eigenvalue weighted by Gasteiger charge is 2.34. The van der Waals surface area contributed by atoms with E-state index in [4.69, 9.17) is 17.0 Å². The molecule has 4 rings (SSSR count). The van der Waals surface area contributed by atoms with Gasteiger partial charge in [0.15, 0.2) is 5.11 Å². The van der Waals surface area contributed by atoms with Gasteiger partial charge in [0.05, 0.1) is 11.9 Å². The molecule has 2 saturated heterocycles. The molecule has 1 aromatic carbocycles. The molecular weight excluding hydrogens is 411 g/mol. The largest absolute Gasteiger partial charge is 0.381 e. The van der Waals surface area contributed by atoms with Crippen LogP contribution in [0.3, 0.4) is 0 Å². The van der Waals surface area contributed by atoms with Gasteiger partial charge in [0.25, 0.3) is 0 Å². The minimum Gasteiger partial charge on any atom is -0.381 e. The van der Waals surface area contributed by atoms with Crippen molar-refractivity contribution in [2.75, 3.05) is 43.1 Å². The summed E-state index contributed by atoms with van der Waals surface area (Å²) >= 11 is 5.55. The van der Waals surface area contributed by atoms with Gasteiger partial charge in [-0.05, 0) is 67.7 Å². The fourth-order valence-corrected chi connectivity index (χ4v) is 4.69. The zero-order valence-corrected chi connectivity index (χ0v) is 18.7. The van der Waals surface area contributed by atoms with Crippen LogP contribution < -0.4 is 15.5 Å². The van der Waals surface area contributed by atoms with Gasteiger partial charge in [-0.3, -0.25) is 0 Å². The Morgan fingerprint density at radius 1 is 1.03 bits per heavy atom. The highest BCUT2D eigenvalue weighted by Crippen LogP contribution is 2.34. The maximum atomic E-state index is 13.4. The number of hydrogen-bond donors (Lipinski definition) is 2. The number of thiocarbonyl (C=S) groups is 1. The van der Waals surface area contributed by atoms with Gasteiger partial charge in [0.1, 0.15) is 11.6 Å². The van der Waals surface area contributed by atoms with Crippen molar-refractivity contribution >= 4 is 28.8 Å². The normalized spacial score (nSPS) is 18.8. The topological polar surface area (TPSA) is 49.4 Å². The summed E-state index contributed by atoms with van der Waals surface area (Å²) in [5.74, 6) is 0.816. The van der Waals surface area contributed by atoms with Crippen LogP contribution in [0.15, 0.2) is 42.6 Å². The molecule has 0 atom stereocenters. The highest BCUT2D eigenvalue weighted by molar-refractivity contribution is 7.80. The minimum atomic E-state index is -0.216. The van der Waals surface area contributed by atoms with Gasteiger partial charge in [0, 0.05) is 38.3 Å². The van der Waals surface area contributed by atoms with E-state index in [0.29, 0.717) is 24.9 Å². The molecule has 0 bridgehead atoms. The third kappa shape index (κ3) is 5.71. The molecule has 2 fully saturated rings. The van der Waals surface area contributed by atoms with E-state index in [9.17, 15) is 4.39 Å². The Labute approximate surface area is 189 Å². The number of benzene rings is 1. The van der Waals surface area contributed by atoms with Crippen LogP contribution in [-0.4, -0.2) is 42.9 Å². The zero-order valence-electron chi connectivity index (χ0n) is 17.9. The van der Waals surface area contributed by atoms with Crippen molar-refractivity contribution in [3.8, 4) is 0 Å². The zero-order chi connectivity index (χ0) is 21.5. The second kappa shape index (κ2) is 10.4. The quantitative estimate of drug-likeness (QED) is 0.658. The number of nitrogens with one attached hydrogen (secondary N) is 2. The Bertz CT molecular complexity index is 845. The van der Waals surface area contributed by atoms with Crippen LogP contribution in [0.1, 0.15) is 44.1 Å². The van der Waals surface area contributed by atoms with Gasteiger partial charge < -0.3 is 20.3 Å². The lowest BCUT2D eigenvalue weighted by Gasteiger charge is -2.38. The standard InChI is InChI=1S/C24H31FN4OS/c25-20-7-5-19(6-8-20)24(11-15-30-16-12-24)18-27-23(31)28-21-9-10-22(26-17-21)29-13-3-1-2-4-14-29/h5-10,17H,1-4,11-16,18H2,(H2,27,28,31). The van der Waals surface area contributed by atoms with Gasteiger partial charge in [-0.25, -0.2) is 9.37 Å². The summed E-state index contributed by atoms with van der Waals surface area (Å²) in [6.45, 7) is 4.22. The van der Waals surface area contributed by atoms with Crippen molar-refractivity contribution in [1.29, 1.82) is 0 Å². The molecular formula is C24H31FN4OS. The van der Waals surface area contributed by atoms with Crippen LogP contribution in [0.2, 0.25) is 0 Å². The monoisotopic (exact) mass is 442 g/mol. The van der Waals surface area contributed by atoms with Crippen molar-refractivity contribution in [1.82, 2.24) is 10.3 Å². The van der Waals surface area contributed by atoms with Crippen LogP contribution in [-0.2, 0) is 10.2 Å². The average molecular weight is 443 g/mol. The molecule has 31 heavy (non-hydrogen) atoms. The Balaban J connectivity index is 1.35. The molecule has 3 heterocycles. The van der Waals surface area contributed by atoms with E-state index in [0.717, 1.165) is 43.0 Å². The smallest absolute Gasteiger partial charge is 0.170 e. The van der Waals surface area contributed by atoms with Crippen molar-refractivity contribution in [2.45, 2.75) is 43.9 Å². The van der Waals surface area contributed by atoms with Crippen molar-refractivity contribution in [2.24, 2.45) is 0 Å². The Hall–Kier alpha value is -2.25. The molecule has 0 radical (unpaired) electrons. The van der Waals surface area contributed by atoms with Crippen LogP contribution in [0.4, 0.5) is 15.9 Å². The van der Waals surface area contributed by atoms with E-state index in [2.05, 4.69) is 26.6 Å². The van der Waals surface area contributed by atoms with Crippen LogP contribution in [0.5, 0.6) is 0 Å². The fraction of sp³-hybridized carbons (Fsp3) is 0.500. The van der Waals surface area contributed by atoms with Crippen LogP contribution in [0, 0.1) is 5.82 Å². The van der Waals surface area contributed by atoms with E-state index in [1.807, 2.05) is 24.4 Å². The number of pyridine rings is 1. The van der Waals surface area contributed by atoms with E-state index in [1.54, 1.807) is 0 Å². The van der Waals surface area contributed by atoms with Crippen LogP contribution >= 0.6 is 12.2 Å². The first-order chi connectivity index (χ1) is 15.1. The summed E-state index contributed by atoms with van der Waals surface area (Å²) in [7, 11) is 0. The second-order valence-electron chi connectivity index (χ2n) is 8.51. The summed E-state index contributed by atoms with van der Waals surface area (Å²) in [5, 5.41) is 7.19. The molecule has 2 N–H and O–H groups in total. The molecule has 0 saturated carbocycles. The van der Waals surface area contributed by atoms with E-state index in [1.165, 1.54) is 37.8 Å². The maximum Gasteiger partial charge on any atom is 0.170 e. The first-order valence-corrected chi connectivity index (χ1v) is 11.7. The van der Waals surface area contributed by atoms with Crippen LogP contribution in [0.25, 0.3) is 0 Å². The van der Waals surface area contributed by atoms with Gasteiger partial charge in [-0.2, -0.15) is 0 Å². The summed E-state index contributed by atoms with van der Waals surface area (Å²) < 4.78 is 19.0. The minimum absolute atomic E-state index is 0.118. The second-order valence-corrected chi connectivity index (χ2v) is 8.92. The number of anilines is 2. The molecule has 0 amide bonds. The first-order valence-electron chi connectivity index (χ1n) is 11.2. The average Bonchev–Trinajstić information content (AvgIpc) is 3.09. The molecule has 2 aliphatic rings. The Kier molecular flexibility index (Phi) is 7.35. The predicted octanol–water partition coefficient (Wildman–Crippen LogP) is 4.64. The predicted molar refractivity (Wildman–Crippen MR) is 127 cm³/mol. The molecule has 0 unspecified atom stereocenters. The van der Waals surface area contributed by atoms with Crippen molar-refractivity contribution < 1.29 is 9.13 Å². The number of hydrogen-bond acceptors (Lipinski definition) is 4. The van der Waals surface area contributed by atoms with Crippen molar-refractivity contribution in [3.05, 3.63) is 54.0 Å². The molecule has 0 spiro atoms. The Morgan fingerprint density at radius 2 is 1.74 bits per heavy atom. The molecule has 1 aromatic heterocycles. The lowest BCUT2D eigenvalue weighted by Crippen LogP contribution is -2.45. The third-order valence-corrected chi connectivity index (χ3v) is 6.68. The number of ether oxygens (including phenoxy) is 1. The number of nitrogens with zero attached hydrogens (tertiary/aromatic N) is 2. The lowest BCUT2D eigenvalue weighted by molar-refractivity contribution is 0.0515. The van der Waals surface area contributed by atoms with Gasteiger partial charge in [-0.1, -0.05) is 25.0 Å². The molecule has 0 aliphatic carbocycles. The van der Waals surface area contributed by atoms with E-state index in [-0.39, 0.29) is 11.2 Å². The molecule has 7 heteroatoms. The SMILES string of the molecule is Fc1ccc(C2(CNC(=S)Nc3ccc(N4CCCCCC4)nc3)CCOCC2)cc1. The maximum absolute atomic E-state index is 13.4. The summed E-state index contributed by atoms with van der Waals surface area (Å²) in [6, 6.07) is 10.9. The molecule has 5 nitrogen and oxygen atoms in total. The Morgan fingerprint density at radius 3 is 2.39 bits per heavy atom. The summed E-state index contributed by atoms with van der Waals surface area (Å²) in [6.07, 6.45) is 8.68. The van der Waals surface area contributed by atoms with Gasteiger partial charge in [-0.15, -0.1) is 0 Å². The molecule has 2 aromatic rings.